The Hall–Kier alpha value is -14.8. The highest BCUT2D eigenvalue weighted by Gasteiger charge is 2.37. The van der Waals surface area contributed by atoms with E-state index in [2.05, 4.69) is 88.8 Å². The number of rotatable bonds is 19. The molecule has 4 atom stereocenters. The minimum atomic E-state index is -0.634. The number of aryl methyl sites for hydroxylation is 2. The Morgan fingerprint density at radius 1 is 0.407 bits per heavy atom. The molecule has 4 amide bonds. The van der Waals surface area contributed by atoms with E-state index in [0.717, 1.165) is 44.5 Å². The van der Waals surface area contributed by atoms with Crippen LogP contribution in [-0.2, 0) is 19.2 Å². The SMILES string of the molecule is C=CC(=O)N1CCN(c2nc(=O)n(-c3c(C)cccc3C(C)C)c3cc(-c4c(O)cccc4F)c(Cl)cc23)[C@@H](C)C1.C=CC(=O)N1CCN(c2nc(=O)n(-c3ccccc3C(C)C)c3cc(C)c(Cl)cc23)[C@@H](C)C1.C=CC(=O)N1CCN(c2nc(=O)n(-c3nccn3C(C)C)c3cc(-c4ccccc4F)c(Cl)cc23)[C@@H](C)C1.C=CC(=O)N1CCN(c2nc(=O)n(-c3scnc3C(C)C)c3cc(-c4ccccc4F)c(Cl)cc23)[C@@H](C)C1. The number of amides is 4. The number of aromatic nitrogens is 11. The Bertz CT molecular complexity index is 7880. The summed E-state index contributed by atoms with van der Waals surface area (Å²) in [4.78, 5) is 146. The van der Waals surface area contributed by atoms with Gasteiger partial charge in [-0.15, -0.1) is 11.3 Å². The lowest BCUT2D eigenvalue weighted by atomic mass is 9.97. The van der Waals surface area contributed by atoms with Crippen LogP contribution in [-0.4, -0.2) is 204 Å². The minimum Gasteiger partial charge on any atom is -0.507 e. The lowest BCUT2D eigenvalue weighted by Gasteiger charge is -2.40. The van der Waals surface area contributed by atoms with Crippen molar-refractivity contribution in [1.82, 2.24) is 72.3 Å². The Balaban J connectivity index is 0.000000143. The normalized spacial score (nSPS) is 15.9. The van der Waals surface area contributed by atoms with Crippen LogP contribution in [0, 0.1) is 31.3 Å². The van der Waals surface area contributed by atoms with Gasteiger partial charge in [0, 0.05) is 191 Å². The Kier molecular flexibility index (Phi) is 32.6. The molecule has 4 fully saturated rings. The fourth-order valence-corrected chi connectivity index (χ4v) is 22.1. The zero-order valence-electron chi connectivity index (χ0n) is 85.7. The van der Waals surface area contributed by atoms with E-state index in [-0.39, 0.29) is 99.2 Å². The van der Waals surface area contributed by atoms with Gasteiger partial charge in [-0.2, -0.15) is 19.9 Å². The van der Waals surface area contributed by atoms with Crippen LogP contribution >= 0.6 is 57.7 Å². The van der Waals surface area contributed by atoms with Gasteiger partial charge in [0.05, 0.1) is 50.2 Å². The van der Waals surface area contributed by atoms with Gasteiger partial charge < -0.3 is 48.9 Å². The molecular weight excluding hydrogens is 2010 g/mol. The second kappa shape index (κ2) is 45.3. The van der Waals surface area contributed by atoms with Gasteiger partial charge in [0.1, 0.15) is 51.5 Å². The fraction of sp³-hybridized carbons (Fsp3) is 0.298. The van der Waals surface area contributed by atoms with Crippen molar-refractivity contribution >= 4 is 148 Å². The molecule has 6 aromatic heterocycles. The zero-order valence-corrected chi connectivity index (χ0v) is 89.6. The maximum atomic E-state index is 15.1. The molecule has 4 aliphatic rings. The molecule has 4 saturated heterocycles. The third kappa shape index (κ3) is 21.3. The van der Waals surface area contributed by atoms with E-state index in [1.54, 1.807) is 124 Å². The van der Waals surface area contributed by atoms with Gasteiger partial charge in [-0.05, 0) is 199 Å². The third-order valence-corrected chi connectivity index (χ3v) is 30.0. The number of thiazole rings is 1. The van der Waals surface area contributed by atoms with E-state index < -0.39 is 34.5 Å². The molecule has 0 spiro atoms. The number of carbonyl (C=O) groups is 4. The molecule has 28 nitrogen and oxygen atoms in total. The number of para-hydroxylation sites is 2. The summed E-state index contributed by atoms with van der Waals surface area (Å²) in [5, 5.41) is 15.5. The number of aromatic hydroxyl groups is 1. The molecule has 0 saturated carbocycles. The summed E-state index contributed by atoms with van der Waals surface area (Å²) in [7, 11) is 0. The molecule has 776 valence electrons. The maximum absolute atomic E-state index is 15.1. The molecule has 19 rings (SSSR count). The number of hydrogen-bond acceptors (Lipinski definition) is 20. The first-order valence-electron chi connectivity index (χ1n) is 49.5. The number of nitrogens with zero attached hydrogens (tertiary/aromatic N) is 19. The average Bonchev–Trinajstić information content (AvgIpc) is 1.65. The van der Waals surface area contributed by atoms with Crippen LogP contribution in [0.4, 0.5) is 36.4 Å². The largest absolute Gasteiger partial charge is 0.507 e. The summed E-state index contributed by atoms with van der Waals surface area (Å²) in [5.41, 5.74) is 10.2. The monoisotopic (exact) mass is 2120 g/mol. The van der Waals surface area contributed by atoms with Crippen molar-refractivity contribution in [3.05, 3.63) is 334 Å². The van der Waals surface area contributed by atoms with Crippen molar-refractivity contribution in [2.45, 2.75) is 145 Å². The molecule has 0 bridgehead atoms. The molecule has 9 aromatic carbocycles. The lowest BCUT2D eigenvalue weighted by Crippen LogP contribution is -2.54. The zero-order chi connectivity index (χ0) is 108. The van der Waals surface area contributed by atoms with Gasteiger partial charge in [0.15, 0.2) is 0 Å². The molecular formula is C114H116Cl4F3N19O9S. The summed E-state index contributed by atoms with van der Waals surface area (Å²) < 4.78 is 52.8. The number of phenolic OH excluding ortho intramolecular Hbond substituents is 1. The van der Waals surface area contributed by atoms with Crippen LogP contribution in [0.2, 0.25) is 20.1 Å². The number of fused-ring (bicyclic) bond motifs is 4. The molecule has 4 aliphatic heterocycles. The first-order chi connectivity index (χ1) is 71.7. The highest BCUT2D eigenvalue weighted by molar-refractivity contribution is 7.12. The third-order valence-electron chi connectivity index (χ3n) is 27.8. The number of hydrogen-bond donors (Lipinski definition) is 1. The first kappa shape index (κ1) is 108. The first-order valence-corrected chi connectivity index (χ1v) is 51.9. The Labute approximate surface area is 890 Å². The van der Waals surface area contributed by atoms with E-state index in [4.69, 9.17) is 46.4 Å². The van der Waals surface area contributed by atoms with Gasteiger partial charge in [-0.3, -0.25) is 28.3 Å². The number of halogens is 7. The Morgan fingerprint density at radius 3 is 1.21 bits per heavy atom. The van der Waals surface area contributed by atoms with Gasteiger partial charge in [-0.25, -0.2) is 51.5 Å². The molecule has 0 aliphatic carbocycles. The van der Waals surface area contributed by atoms with Crippen LogP contribution < -0.4 is 42.4 Å². The van der Waals surface area contributed by atoms with E-state index in [1.807, 2.05) is 143 Å². The van der Waals surface area contributed by atoms with E-state index in [9.17, 15) is 52.2 Å². The quantitative estimate of drug-likeness (QED) is 0.0736. The smallest absolute Gasteiger partial charge is 0.357 e. The highest BCUT2D eigenvalue weighted by atomic mass is 35.5. The van der Waals surface area contributed by atoms with Crippen molar-refractivity contribution in [3.63, 3.8) is 0 Å². The van der Waals surface area contributed by atoms with Crippen molar-refractivity contribution in [3.8, 4) is 61.5 Å². The predicted molar refractivity (Wildman–Crippen MR) is 595 cm³/mol. The van der Waals surface area contributed by atoms with Crippen LogP contribution in [0.5, 0.6) is 5.75 Å². The van der Waals surface area contributed by atoms with Crippen LogP contribution in [0.3, 0.4) is 0 Å². The highest BCUT2D eigenvalue weighted by Crippen LogP contribution is 2.46. The van der Waals surface area contributed by atoms with Gasteiger partial charge in [-0.1, -0.05) is 193 Å². The number of piperazine rings is 4. The molecule has 1 N–H and O–H groups in total. The molecule has 150 heavy (non-hydrogen) atoms. The van der Waals surface area contributed by atoms with Gasteiger partial charge in [0.2, 0.25) is 29.6 Å². The standard InChI is InChI=1S/C32H32ClFN4O3.C28H28ClFN6O2.C28H27ClFN5O2S.C26H29ClN4O2/c1-6-28(40)36-13-14-37(20(5)17-36)31-23-15-24(33)22(29-25(34)11-8-12-27(29)39)16-26(23)38(32(41)35-31)30-19(4)9-7-10-21(30)18(2)3;1-5-25(37)33-12-13-35(18(4)16-33)26-21-14-22(29)20(19-8-6-7-9-23(19)30)15-24(21)36(28(38)32-26)27-31-10-11-34(27)17(2)3;1-5-24(36)33-10-11-34(17(4)14-33)26-20-12-21(29)19(18-8-6-7-9-22(18)30)13-23(20)35(28(37)32-26)27-25(16(2)3)31-15-38-27;1-6-24(32)29-11-12-30(18(5)15-29)25-20-14-21(27)17(4)13-23(20)31(26(33)28-25)22-10-8-7-9-19(22)16(2)3/h6-12,15-16,18,20,39H,1,13-14,17H2,2-5H3;5-11,14-15,17-18H,1,12-13,16H2,2-4H3;5-9,12-13,15-17H,1,10-11,14H2,2-4H3;6-10,13-14,16,18H,1,11-12,15H2,2-5H3/t20-;18-;17-;18-/m0000/s1. The van der Waals surface area contributed by atoms with Crippen molar-refractivity contribution in [2.75, 3.05) is 98.1 Å². The minimum absolute atomic E-state index is 0.0170. The molecule has 0 radical (unpaired) electrons. The molecule has 36 heteroatoms. The topological polar surface area (TPSA) is 285 Å². The number of imidazole rings is 1. The molecule has 10 heterocycles. The van der Waals surface area contributed by atoms with Crippen molar-refractivity contribution in [1.29, 1.82) is 0 Å². The number of carbonyl (C=O) groups excluding carboxylic acids is 4. The predicted octanol–water partition coefficient (Wildman–Crippen LogP) is 21.4. The van der Waals surface area contributed by atoms with Crippen molar-refractivity contribution in [2.24, 2.45) is 0 Å². The summed E-state index contributed by atoms with van der Waals surface area (Å²) >= 11 is 28.2. The number of phenols is 1. The van der Waals surface area contributed by atoms with Crippen LogP contribution in [0.1, 0.15) is 135 Å². The fourth-order valence-electron chi connectivity index (χ4n) is 20.2. The van der Waals surface area contributed by atoms with E-state index in [0.29, 0.717) is 188 Å². The van der Waals surface area contributed by atoms with E-state index in [1.165, 1.54) is 70.5 Å². The summed E-state index contributed by atoms with van der Waals surface area (Å²) in [6.07, 6.45) is 8.68. The maximum Gasteiger partial charge on any atom is 0.357 e. The second-order valence-corrected chi connectivity index (χ2v) is 41.4. The second-order valence-electron chi connectivity index (χ2n) is 38.9. The van der Waals surface area contributed by atoms with Crippen LogP contribution in [0.15, 0.2) is 245 Å². The van der Waals surface area contributed by atoms with Gasteiger partial charge in [0.25, 0.3) is 0 Å². The Morgan fingerprint density at radius 2 is 0.780 bits per heavy atom. The molecule has 15 aromatic rings. The van der Waals surface area contributed by atoms with Crippen molar-refractivity contribution < 1.29 is 37.5 Å². The number of benzene rings is 9. The number of anilines is 4. The summed E-state index contributed by atoms with van der Waals surface area (Å²) in [6.45, 7) is 48.3. The van der Waals surface area contributed by atoms with Crippen LogP contribution in [0.25, 0.3) is 99.3 Å². The summed E-state index contributed by atoms with van der Waals surface area (Å²) in [5.74, 6) is 0.590. The summed E-state index contributed by atoms with van der Waals surface area (Å²) in [6, 6.07) is 44.4. The van der Waals surface area contributed by atoms with E-state index >= 15 is 4.39 Å². The molecule has 0 unspecified atom stereocenters. The average molecular weight is 2130 g/mol. The van der Waals surface area contributed by atoms with Gasteiger partial charge >= 0.3 is 22.8 Å². The lowest BCUT2D eigenvalue weighted by molar-refractivity contribution is -0.127.